The molecule has 0 aromatic heterocycles. The Bertz CT molecular complexity index is 440. The minimum atomic E-state index is 0.186. The molecule has 8 atom stereocenters. The van der Waals surface area contributed by atoms with E-state index in [-0.39, 0.29) is 6.10 Å². The van der Waals surface area contributed by atoms with E-state index in [0.717, 1.165) is 32.5 Å². The minimum Gasteiger partial charge on any atom is -0.375 e. The average Bonchev–Trinajstić information content (AvgIpc) is 3.04. The summed E-state index contributed by atoms with van der Waals surface area (Å²) in [5, 5.41) is 10.9. The highest BCUT2D eigenvalue weighted by atomic mass is 16.5. The summed E-state index contributed by atoms with van der Waals surface area (Å²) in [6.45, 7) is 7.90. The Morgan fingerprint density at radius 1 is 0.880 bits per heavy atom. The van der Waals surface area contributed by atoms with Crippen molar-refractivity contribution >= 4 is 0 Å². The van der Waals surface area contributed by atoms with Crippen LogP contribution in [0.5, 0.6) is 0 Å². The second kappa shape index (κ2) is 8.17. The van der Waals surface area contributed by atoms with Crippen LogP contribution in [-0.2, 0) is 9.47 Å². The van der Waals surface area contributed by atoms with Gasteiger partial charge in [-0.15, -0.1) is 0 Å². The molecule has 144 valence electrons. The van der Waals surface area contributed by atoms with E-state index in [1.165, 1.54) is 12.8 Å². The van der Waals surface area contributed by atoms with Crippen molar-refractivity contribution < 1.29 is 9.47 Å². The Kier molecular flexibility index (Phi) is 5.91. The Hall–Kier alpha value is -0.280. The molecule has 4 fully saturated rings. The molecule has 6 unspecified atom stereocenters. The van der Waals surface area contributed by atoms with Crippen molar-refractivity contribution in [1.29, 1.82) is 0 Å². The summed E-state index contributed by atoms with van der Waals surface area (Å²) in [4.78, 5) is 0. The number of hydrogen-bond donors (Lipinski definition) is 5. The van der Waals surface area contributed by atoms with Crippen LogP contribution in [0.25, 0.3) is 0 Å². The smallest absolute Gasteiger partial charge is 0.0969 e. The molecule has 3 heterocycles. The lowest BCUT2D eigenvalue weighted by Gasteiger charge is -2.41. The molecule has 4 rings (SSSR count). The lowest BCUT2D eigenvalue weighted by Crippen LogP contribution is -2.65. The van der Waals surface area contributed by atoms with E-state index >= 15 is 0 Å². The van der Waals surface area contributed by atoms with E-state index in [1.54, 1.807) is 0 Å². The molecule has 7 heteroatoms. The summed E-state index contributed by atoms with van der Waals surface area (Å²) in [6.07, 6.45) is 5.44. The summed E-state index contributed by atoms with van der Waals surface area (Å²) >= 11 is 0. The van der Waals surface area contributed by atoms with Gasteiger partial charge < -0.3 is 20.1 Å². The molecule has 4 bridgehead atoms. The average molecular weight is 354 g/mol. The summed E-state index contributed by atoms with van der Waals surface area (Å²) in [5.41, 5.74) is 7.16. The zero-order valence-electron chi connectivity index (χ0n) is 15.6. The molecule has 0 aromatic rings. The number of ether oxygens (including phenoxy) is 2. The summed E-state index contributed by atoms with van der Waals surface area (Å²) < 4.78 is 12.4. The van der Waals surface area contributed by atoms with Crippen LogP contribution in [0, 0.1) is 5.92 Å². The zero-order chi connectivity index (χ0) is 17.2. The molecule has 1 saturated carbocycles. The fraction of sp³-hybridized carbons (Fsp3) is 1.00. The van der Waals surface area contributed by atoms with Gasteiger partial charge in [-0.2, -0.15) is 0 Å². The van der Waals surface area contributed by atoms with Crippen LogP contribution in [-0.4, -0.2) is 68.8 Å². The lowest BCUT2D eigenvalue weighted by molar-refractivity contribution is -0.0393. The van der Waals surface area contributed by atoms with E-state index in [1.807, 2.05) is 0 Å². The molecule has 0 aromatic carbocycles. The number of piperazine rings is 1. The second-order valence-electron chi connectivity index (χ2n) is 8.31. The minimum absolute atomic E-state index is 0.186. The maximum Gasteiger partial charge on any atom is 0.0969 e. The molecule has 5 N–H and O–H groups in total. The van der Waals surface area contributed by atoms with Gasteiger partial charge in [-0.25, -0.2) is 0 Å². The van der Waals surface area contributed by atoms with E-state index in [9.17, 15) is 0 Å². The van der Waals surface area contributed by atoms with Crippen molar-refractivity contribution in [1.82, 2.24) is 26.8 Å². The van der Waals surface area contributed by atoms with E-state index in [0.29, 0.717) is 49.0 Å². The van der Waals surface area contributed by atoms with Gasteiger partial charge in [-0.1, -0.05) is 0 Å². The predicted molar refractivity (Wildman–Crippen MR) is 97.1 cm³/mol. The predicted octanol–water partition coefficient (Wildman–Crippen LogP) is -0.309. The first-order chi connectivity index (χ1) is 12.2. The summed E-state index contributed by atoms with van der Waals surface area (Å²) in [7, 11) is 0. The third-order valence-electron chi connectivity index (χ3n) is 6.51. The van der Waals surface area contributed by atoms with Crippen molar-refractivity contribution in [2.75, 3.05) is 26.4 Å². The maximum atomic E-state index is 6.37. The van der Waals surface area contributed by atoms with Gasteiger partial charge in [0.25, 0.3) is 0 Å². The highest BCUT2D eigenvalue weighted by Gasteiger charge is 2.45. The SMILES string of the molecule is C[C@@H]1CCNCO[C@H](C)C2CNCC(N2)C2NNC3CCC(CC32)O1. The van der Waals surface area contributed by atoms with E-state index in [4.69, 9.17) is 9.47 Å². The Labute approximate surface area is 151 Å². The van der Waals surface area contributed by atoms with Crippen molar-refractivity contribution in [2.45, 2.75) is 82.0 Å². The second-order valence-corrected chi connectivity index (χ2v) is 8.31. The van der Waals surface area contributed by atoms with Gasteiger partial charge in [0.2, 0.25) is 0 Å². The highest BCUT2D eigenvalue weighted by Crippen LogP contribution is 2.34. The highest BCUT2D eigenvalue weighted by molar-refractivity contribution is 5.03. The van der Waals surface area contributed by atoms with Crippen molar-refractivity contribution in [3.8, 4) is 0 Å². The maximum absolute atomic E-state index is 6.37. The van der Waals surface area contributed by atoms with Crippen LogP contribution in [0.3, 0.4) is 0 Å². The summed E-state index contributed by atoms with van der Waals surface area (Å²) in [6, 6.07) is 1.79. The normalized spacial score (nSPS) is 49.2. The van der Waals surface area contributed by atoms with Crippen LogP contribution >= 0.6 is 0 Å². The molecule has 3 aliphatic heterocycles. The molecular weight excluding hydrogens is 318 g/mol. The quantitative estimate of drug-likeness (QED) is 0.409. The van der Waals surface area contributed by atoms with Gasteiger partial charge >= 0.3 is 0 Å². The standard InChI is InChI=1S/C18H35N5O2/c1-11-5-6-19-10-24-12(2)16-8-20-9-17(21-16)18-14-7-13(25-11)3-4-15(14)22-23-18/h11-23H,3-10H2,1-2H3/t11-,12-,13?,14?,15?,16?,17?,18?/m1/s1. The molecule has 3 saturated heterocycles. The molecule has 4 aliphatic rings. The molecule has 0 amide bonds. The monoisotopic (exact) mass is 353 g/mol. The van der Waals surface area contributed by atoms with Crippen LogP contribution in [0.15, 0.2) is 0 Å². The number of rotatable bonds is 0. The summed E-state index contributed by atoms with van der Waals surface area (Å²) in [5.74, 6) is 0.628. The number of hydrazine groups is 1. The topological polar surface area (TPSA) is 78.6 Å². The van der Waals surface area contributed by atoms with Crippen molar-refractivity contribution in [3.63, 3.8) is 0 Å². The van der Waals surface area contributed by atoms with Crippen LogP contribution in [0.4, 0.5) is 0 Å². The fourth-order valence-electron chi connectivity index (χ4n) is 4.97. The Morgan fingerprint density at radius 2 is 1.76 bits per heavy atom. The molecular formula is C18H35N5O2. The molecule has 7 nitrogen and oxygen atoms in total. The molecule has 0 radical (unpaired) electrons. The fourth-order valence-corrected chi connectivity index (χ4v) is 4.97. The van der Waals surface area contributed by atoms with Gasteiger partial charge in [-0.3, -0.25) is 16.2 Å². The van der Waals surface area contributed by atoms with E-state index < -0.39 is 0 Å². The third-order valence-corrected chi connectivity index (χ3v) is 6.51. The van der Waals surface area contributed by atoms with Gasteiger partial charge in [0.1, 0.15) is 0 Å². The van der Waals surface area contributed by atoms with Crippen molar-refractivity contribution in [2.24, 2.45) is 5.92 Å². The number of hydrogen-bond acceptors (Lipinski definition) is 7. The number of nitrogens with one attached hydrogen (secondary N) is 5. The van der Waals surface area contributed by atoms with Gasteiger partial charge in [-0.05, 0) is 52.0 Å². The van der Waals surface area contributed by atoms with E-state index in [2.05, 4.69) is 40.6 Å². The molecule has 0 spiro atoms. The molecule has 25 heavy (non-hydrogen) atoms. The van der Waals surface area contributed by atoms with Crippen molar-refractivity contribution in [3.05, 3.63) is 0 Å². The van der Waals surface area contributed by atoms with Gasteiger partial charge in [0.05, 0.1) is 25.0 Å². The first-order valence-electron chi connectivity index (χ1n) is 10.2. The lowest BCUT2D eigenvalue weighted by atomic mass is 9.77. The largest absolute Gasteiger partial charge is 0.375 e. The van der Waals surface area contributed by atoms with Crippen LogP contribution in [0.1, 0.15) is 39.5 Å². The number of fused-ring (bicyclic) bond motifs is 4. The Balaban J connectivity index is 1.49. The van der Waals surface area contributed by atoms with Crippen LogP contribution < -0.4 is 26.8 Å². The zero-order valence-corrected chi connectivity index (χ0v) is 15.6. The van der Waals surface area contributed by atoms with Gasteiger partial charge in [0.15, 0.2) is 0 Å². The Morgan fingerprint density at radius 3 is 2.68 bits per heavy atom. The third kappa shape index (κ3) is 4.18. The van der Waals surface area contributed by atoms with Gasteiger partial charge in [0, 0.05) is 37.3 Å². The molecule has 1 aliphatic carbocycles. The first kappa shape index (κ1) is 18.1. The van der Waals surface area contributed by atoms with Crippen LogP contribution in [0.2, 0.25) is 0 Å². The first-order valence-corrected chi connectivity index (χ1v) is 10.2.